The molecule has 12 aromatic rings. The molecule has 0 bridgehead atoms. The van der Waals surface area contributed by atoms with E-state index in [0.717, 1.165) is 67.5 Å². The zero-order chi connectivity index (χ0) is 45.5. The minimum atomic E-state index is -1.48. The molecule has 0 unspecified atom stereocenters. The van der Waals surface area contributed by atoms with E-state index in [0.29, 0.717) is 0 Å². The second-order valence-corrected chi connectivity index (χ2v) is 16.5. The first kappa shape index (κ1) is 45.0. The van der Waals surface area contributed by atoms with Gasteiger partial charge in [0, 0.05) is 33.4 Å². The molecule has 0 N–H and O–H groups in total. The smallest absolute Gasteiger partial charge is 0.402 e. The molecule has 340 valence electrons. The number of hydrogen-bond acceptors (Lipinski definition) is 6. The topological polar surface area (TPSA) is 107 Å². The van der Waals surface area contributed by atoms with Gasteiger partial charge in [-0.25, -0.2) is 30.6 Å². The molecule has 0 aliphatic heterocycles. The van der Waals surface area contributed by atoms with E-state index in [4.69, 9.17) is 30.6 Å². The van der Waals surface area contributed by atoms with Crippen molar-refractivity contribution in [2.75, 3.05) is 0 Å². The zero-order valence-corrected chi connectivity index (χ0v) is 39.0. The average Bonchev–Trinajstić information content (AvgIpc) is 4.29. The first-order chi connectivity index (χ1) is 33.7. The van der Waals surface area contributed by atoms with Crippen LogP contribution in [-0.4, -0.2) is 72.4 Å². The van der Waals surface area contributed by atoms with Crippen LogP contribution in [0.2, 0.25) is 0 Å². The Kier molecular flexibility index (Phi) is 13.7. The molecular formula is C54H44B2N12Yb. The average molecular weight is 1060 g/mol. The molecule has 12 rings (SSSR count). The molecule has 0 fully saturated rings. The predicted molar refractivity (Wildman–Crippen MR) is 273 cm³/mol. The summed E-state index contributed by atoms with van der Waals surface area (Å²) in [5, 5.41) is 29.6. The Hall–Kier alpha value is -7.77. The van der Waals surface area contributed by atoms with Crippen molar-refractivity contribution in [3.8, 4) is 67.5 Å². The van der Waals surface area contributed by atoms with E-state index < -0.39 is 14.2 Å². The zero-order valence-electron chi connectivity index (χ0n) is 37.3. The van der Waals surface area contributed by atoms with Crippen LogP contribution in [-0.2, 0) is 0 Å². The van der Waals surface area contributed by atoms with E-state index in [-0.39, 0.29) is 46.9 Å². The molecule has 12 nitrogen and oxygen atoms in total. The van der Waals surface area contributed by atoms with Crippen molar-refractivity contribution in [2.24, 2.45) is 0 Å². The molecule has 0 saturated carbocycles. The molecule has 0 aliphatic rings. The van der Waals surface area contributed by atoms with Gasteiger partial charge >= 0.3 is 61.2 Å². The van der Waals surface area contributed by atoms with Gasteiger partial charge in [0.2, 0.25) is 0 Å². The Bertz CT molecular complexity index is 2880. The standard InChI is InChI=1S/2C27H22BN6.Yb/c2*1-4-10-22(11-5-1)25-16-19-32(29-25)28(33-20-17-26(30-33)23-12-6-2-7-13-23)34-21-18-27(31-34)24-14-8-3-9-15-24;/h2*1-21,28H;/q2*-1;+2. The third-order valence-electron chi connectivity index (χ3n) is 12.0. The van der Waals surface area contributed by atoms with Gasteiger partial charge in [-0.1, -0.05) is 182 Å². The summed E-state index contributed by atoms with van der Waals surface area (Å²) in [5.41, 5.74) is 12.0. The van der Waals surface area contributed by atoms with E-state index in [1.54, 1.807) is 0 Å². The normalized spacial score (nSPS) is 11.0. The predicted octanol–water partition coefficient (Wildman–Crippen LogP) is 9.88. The summed E-state index contributed by atoms with van der Waals surface area (Å²) in [6.45, 7) is 0. The molecule has 0 radical (unpaired) electrons. The molecule has 0 atom stereocenters. The monoisotopic (exact) mass is 1060 g/mol. The molecule has 6 heterocycles. The molecule has 0 saturated heterocycles. The summed E-state index contributed by atoms with van der Waals surface area (Å²) in [6, 6.07) is 73.5. The number of nitrogens with zero attached hydrogens (tertiary/aromatic N) is 12. The van der Waals surface area contributed by atoms with Crippen LogP contribution in [0.3, 0.4) is 0 Å². The SMILES string of the molecule is [Yb+2].c1ccc(-c2ccn([BH-](n3ccc(-c4ccccc4)n3)n3ccc(-c4ccccc4)n3)n2)cc1.c1ccc(-c2ccn([BH-](n3ccc(-c4ccccc4)n3)n3ccc(-c4ccccc4)n3)n2)cc1. The fourth-order valence-electron chi connectivity index (χ4n) is 8.58. The first-order valence-electron chi connectivity index (χ1n) is 22.7. The van der Waals surface area contributed by atoms with Crippen LogP contribution in [0.25, 0.3) is 67.5 Å². The minimum Gasteiger partial charge on any atom is -0.402 e. The fourth-order valence-corrected chi connectivity index (χ4v) is 8.58. The number of aromatic nitrogens is 12. The van der Waals surface area contributed by atoms with E-state index in [1.165, 1.54) is 0 Å². The van der Waals surface area contributed by atoms with Gasteiger partial charge in [-0.3, -0.25) is 0 Å². The van der Waals surface area contributed by atoms with Gasteiger partial charge in [0.1, 0.15) is 0 Å². The molecule has 6 aromatic heterocycles. The third kappa shape index (κ3) is 10.1. The number of hydrogen-bond donors (Lipinski definition) is 0. The first-order valence-corrected chi connectivity index (χ1v) is 22.7. The Labute approximate surface area is 438 Å². The summed E-state index contributed by atoms with van der Waals surface area (Å²) in [7, 11) is -2.96. The van der Waals surface area contributed by atoms with E-state index in [9.17, 15) is 0 Å². The summed E-state index contributed by atoms with van der Waals surface area (Å²) in [6.07, 6.45) is 12.1. The van der Waals surface area contributed by atoms with Crippen molar-refractivity contribution in [2.45, 2.75) is 0 Å². The van der Waals surface area contributed by atoms with Crippen LogP contribution < -0.4 is 0 Å². The molecule has 0 spiro atoms. The Morgan fingerprint density at radius 3 is 0.493 bits per heavy atom. The van der Waals surface area contributed by atoms with Gasteiger partial charge in [0.05, 0.1) is 34.2 Å². The van der Waals surface area contributed by atoms with E-state index >= 15 is 0 Å². The molecule has 0 aliphatic carbocycles. The summed E-state index contributed by atoms with van der Waals surface area (Å²) >= 11 is 0. The van der Waals surface area contributed by atoms with Crippen LogP contribution in [0.4, 0.5) is 0 Å². The second kappa shape index (κ2) is 21.0. The van der Waals surface area contributed by atoms with Crippen LogP contribution in [0.1, 0.15) is 0 Å². The molecule has 15 heteroatoms. The molecule has 69 heavy (non-hydrogen) atoms. The van der Waals surface area contributed by atoms with Crippen LogP contribution in [0.15, 0.2) is 256 Å². The van der Waals surface area contributed by atoms with Gasteiger partial charge in [0.25, 0.3) is 0 Å². The van der Waals surface area contributed by atoms with Crippen molar-refractivity contribution in [3.63, 3.8) is 0 Å². The molecule has 6 aromatic carbocycles. The van der Waals surface area contributed by atoms with Crippen molar-refractivity contribution in [1.82, 2.24) is 58.1 Å². The van der Waals surface area contributed by atoms with E-state index in [2.05, 4.69) is 72.8 Å². The minimum absolute atomic E-state index is 0. The fraction of sp³-hybridized carbons (Fsp3) is 0. The van der Waals surface area contributed by atoms with Crippen molar-refractivity contribution in [3.05, 3.63) is 256 Å². The van der Waals surface area contributed by atoms with Crippen molar-refractivity contribution >= 4 is 14.2 Å². The number of rotatable bonds is 12. The van der Waals surface area contributed by atoms with Gasteiger partial charge in [-0.15, -0.1) is 0 Å². The summed E-state index contributed by atoms with van der Waals surface area (Å²) in [5.74, 6) is 0. The molecular weight excluding hydrogens is 1010 g/mol. The van der Waals surface area contributed by atoms with Crippen molar-refractivity contribution in [1.29, 1.82) is 0 Å². The Balaban J connectivity index is 0.000000158. The maximum absolute atomic E-state index is 4.93. The number of benzene rings is 6. The summed E-state index contributed by atoms with van der Waals surface area (Å²) in [4.78, 5) is 0. The largest absolute Gasteiger partial charge is 2.00 e. The third-order valence-corrected chi connectivity index (χ3v) is 12.0. The van der Waals surface area contributed by atoms with Crippen LogP contribution in [0.5, 0.6) is 0 Å². The second-order valence-electron chi connectivity index (χ2n) is 16.5. The van der Waals surface area contributed by atoms with Crippen LogP contribution in [0, 0.1) is 46.9 Å². The van der Waals surface area contributed by atoms with Gasteiger partial charge < -0.3 is 27.6 Å². The maximum atomic E-state index is 4.93. The quantitative estimate of drug-likeness (QED) is 0.113. The Morgan fingerprint density at radius 1 is 0.203 bits per heavy atom. The maximum Gasteiger partial charge on any atom is 2.00 e. The molecule has 0 amide bonds. The Morgan fingerprint density at radius 2 is 0.348 bits per heavy atom. The van der Waals surface area contributed by atoms with E-state index in [1.807, 2.05) is 210 Å². The van der Waals surface area contributed by atoms with Crippen LogP contribution >= 0.6 is 0 Å². The van der Waals surface area contributed by atoms with Gasteiger partial charge in [0.15, 0.2) is 0 Å². The van der Waals surface area contributed by atoms with Gasteiger partial charge in [-0.05, 0) is 73.6 Å². The van der Waals surface area contributed by atoms with Gasteiger partial charge in [-0.2, -0.15) is 0 Å². The summed E-state index contributed by atoms with van der Waals surface area (Å²) < 4.78 is 11.9. The van der Waals surface area contributed by atoms with Crippen molar-refractivity contribution < 1.29 is 46.9 Å².